The average molecular weight is 408 g/mol. The smallest absolute Gasteiger partial charge is 0.407 e. The van der Waals surface area contributed by atoms with Gasteiger partial charge in [-0.25, -0.2) is 13.6 Å². The molecule has 2 rings (SSSR count). The molecule has 0 fully saturated rings. The molecule has 2 aromatic rings. The molecule has 0 aromatic heterocycles. The minimum absolute atomic E-state index is 0.174. The quantitative estimate of drug-likeness (QED) is 0.568. The number of alkyl carbamates (subject to hydrolysis) is 1. The maximum absolute atomic E-state index is 13.5. The van der Waals surface area contributed by atoms with Gasteiger partial charge in [-0.15, -0.1) is 0 Å². The van der Waals surface area contributed by atoms with Crippen molar-refractivity contribution in [1.82, 2.24) is 5.32 Å². The molecule has 0 radical (unpaired) electrons. The van der Waals surface area contributed by atoms with Crippen LogP contribution >= 0.6 is 0 Å². The molecule has 0 bridgehead atoms. The zero-order valence-corrected chi connectivity index (χ0v) is 17.6. The van der Waals surface area contributed by atoms with Gasteiger partial charge in [-0.2, -0.15) is 0 Å². The summed E-state index contributed by atoms with van der Waals surface area (Å²) in [6, 6.07) is 10.3. The van der Waals surface area contributed by atoms with E-state index < -0.39 is 11.6 Å². The summed E-state index contributed by atoms with van der Waals surface area (Å²) in [4.78, 5) is 11.2. The van der Waals surface area contributed by atoms with Crippen molar-refractivity contribution in [2.24, 2.45) is 0 Å². The number of ether oxygens (including phenoxy) is 1. The highest BCUT2D eigenvalue weighted by atomic mass is 19.1. The minimum atomic E-state index is -0.624. The van der Waals surface area contributed by atoms with E-state index in [0.29, 0.717) is 23.2 Å². The highest BCUT2D eigenvalue weighted by molar-refractivity contribution is 5.68. The Labute approximate surface area is 171 Å². The van der Waals surface area contributed by atoms with Crippen molar-refractivity contribution in [3.8, 4) is 11.1 Å². The topological polar surface area (TPSA) is 58.6 Å². The Bertz CT molecular complexity index is 778. The standard InChI is InChI=1S/C13H10F2O.C10H21NO2/c14-10-5-6-12(13(15)7-10)11-4-2-1-3-9(11)8-16;1-5-7-8-11-9(12)13-10(3,4)6-2/h1-7,16H,8H2;5-8H2,1-4H3,(H,11,12). The van der Waals surface area contributed by atoms with E-state index in [-0.39, 0.29) is 18.3 Å². The molecular formula is C23H31F2NO3. The van der Waals surface area contributed by atoms with E-state index >= 15 is 0 Å². The number of hydrogen-bond donors (Lipinski definition) is 2. The van der Waals surface area contributed by atoms with Crippen molar-refractivity contribution in [3.05, 3.63) is 59.7 Å². The van der Waals surface area contributed by atoms with E-state index in [0.717, 1.165) is 25.3 Å². The van der Waals surface area contributed by atoms with Crippen LogP contribution in [0.4, 0.5) is 13.6 Å². The number of aliphatic hydroxyl groups excluding tert-OH is 1. The van der Waals surface area contributed by atoms with Gasteiger partial charge in [0, 0.05) is 18.2 Å². The summed E-state index contributed by atoms with van der Waals surface area (Å²) in [6.45, 7) is 8.43. The fourth-order valence-corrected chi connectivity index (χ4v) is 2.36. The molecule has 0 aliphatic rings. The molecule has 0 spiro atoms. The highest BCUT2D eigenvalue weighted by Gasteiger charge is 2.19. The molecule has 160 valence electrons. The normalized spacial score (nSPS) is 10.7. The Morgan fingerprint density at radius 1 is 1.10 bits per heavy atom. The van der Waals surface area contributed by atoms with Gasteiger partial charge in [0.25, 0.3) is 0 Å². The molecule has 4 nitrogen and oxygen atoms in total. The highest BCUT2D eigenvalue weighted by Crippen LogP contribution is 2.26. The first-order valence-electron chi connectivity index (χ1n) is 9.85. The van der Waals surface area contributed by atoms with Crippen LogP contribution in [0.1, 0.15) is 52.5 Å². The average Bonchev–Trinajstić information content (AvgIpc) is 2.68. The fourth-order valence-electron chi connectivity index (χ4n) is 2.36. The van der Waals surface area contributed by atoms with Crippen LogP contribution in [0.5, 0.6) is 0 Å². The van der Waals surface area contributed by atoms with E-state index in [2.05, 4.69) is 12.2 Å². The number of benzene rings is 2. The van der Waals surface area contributed by atoms with Crippen LogP contribution in [0.2, 0.25) is 0 Å². The van der Waals surface area contributed by atoms with Crippen molar-refractivity contribution < 1.29 is 23.4 Å². The number of amides is 1. The van der Waals surface area contributed by atoms with Crippen molar-refractivity contribution >= 4 is 6.09 Å². The number of halogens is 2. The van der Waals surface area contributed by atoms with Gasteiger partial charge >= 0.3 is 6.09 Å². The van der Waals surface area contributed by atoms with E-state index in [4.69, 9.17) is 9.84 Å². The number of unbranched alkanes of at least 4 members (excludes halogenated alkanes) is 1. The molecule has 1 amide bonds. The molecule has 0 atom stereocenters. The third kappa shape index (κ3) is 8.60. The second-order valence-corrected chi connectivity index (χ2v) is 7.22. The third-order valence-corrected chi connectivity index (χ3v) is 4.43. The molecule has 2 aromatic carbocycles. The summed E-state index contributed by atoms with van der Waals surface area (Å²) in [5.41, 5.74) is 1.15. The fraction of sp³-hybridized carbons (Fsp3) is 0.435. The molecule has 6 heteroatoms. The molecule has 0 saturated heterocycles. The Balaban J connectivity index is 0.000000298. The molecule has 0 aliphatic carbocycles. The van der Waals surface area contributed by atoms with Gasteiger partial charge in [-0.05, 0) is 49.9 Å². The summed E-state index contributed by atoms with van der Waals surface area (Å²) >= 11 is 0. The van der Waals surface area contributed by atoms with Gasteiger partial charge in [-0.1, -0.05) is 44.5 Å². The lowest BCUT2D eigenvalue weighted by atomic mass is 10.00. The molecule has 0 aliphatic heterocycles. The van der Waals surface area contributed by atoms with E-state index in [9.17, 15) is 13.6 Å². The van der Waals surface area contributed by atoms with Gasteiger partial charge in [0.1, 0.15) is 17.2 Å². The predicted octanol–water partition coefficient (Wildman–Crippen LogP) is 5.83. The number of aliphatic hydroxyl groups is 1. The molecule has 0 unspecified atom stereocenters. The summed E-state index contributed by atoms with van der Waals surface area (Å²) in [6.07, 6.45) is 2.60. The van der Waals surface area contributed by atoms with Crippen LogP contribution in [-0.2, 0) is 11.3 Å². The summed E-state index contributed by atoms with van der Waals surface area (Å²) in [5.74, 6) is -1.23. The second-order valence-electron chi connectivity index (χ2n) is 7.22. The lowest BCUT2D eigenvalue weighted by Gasteiger charge is -2.23. The maximum atomic E-state index is 13.5. The van der Waals surface area contributed by atoms with E-state index in [1.165, 1.54) is 12.1 Å². The predicted molar refractivity (Wildman–Crippen MR) is 111 cm³/mol. The largest absolute Gasteiger partial charge is 0.444 e. The van der Waals surface area contributed by atoms with Gasteiger partial charge in [0.05, 0.1) is 6.61 Å². The summed E-state index contributed by atoms with van der Waals surface area (Å²) < 4.78 is 31.5. The van der Waals surface area contributed by atoms with Crippen LogP contribution in [0.15, 0.2) is 42.5 Å². The first-order valence-corrected chi connectivity index (χ1v) is 9.85. The number of carbonyl (C=O) groups excluding carboxylic acids is 1. The first-order chi connectivity index (χ1) is 13.7. The first kappa shape index (κ1) is 24.6. The van der Waals surface area contributed by atoms with Crippen LogP contribution in [0.25, 0.3) is 11.1 Å². The summed E-state index contributed by atoms with van der Waals surface area (Å²) in [5, 5.41) is 11.8. The van der Waals surface area contributed by atoms with Crippen molar-refractivity contribution in [2.75, 3.05) is 6.54 Å². The Kier molecular flexibility index (Phi) is 10.3. The van der Waals surface area contributed by atoms with Crippen molar-refractivity contribution in [3.63, 3.8) is 0 Å². The van der Waals surface area contributed by atoms with Crippen molar-refractivity contribution in [1.29, 1.82) is 0 Å². The van der Waals surface area contributed by atoms with Crippen LogP contribution in [-0.4, -0.2) is 23.3 Å². The lowest BCUT2D eigenvalue weighted by molar-refractivity contribution is 0.0363. The van der Waals surface area contributed by atoms with Gasteiger partial charge in [0.2, 0.25) is 0 Å². The zero-order valence-electron chi connectivity index (χ0n) is 17.6. The third-order valence-electron chi connectivity index (χ3n) is 4.43. The van der Waals surface area contributed by atoms with Crippen molar-refractivity contribution in [2.45, 2.75) is 59.2 Å². The molecule has 0 heterocycles. The number of nitrogens with one attached hydrogen (secondary N) is 1. The zero-order chi connectivity index (χ0) is 21.9. The van der Waals surface area contributed by atoms with Crippen LogP contribution < -0.4 is 5.32 Å². The molecule has 2 N–H and O–H groups in total. The monoisotopic (exact) mass is 407 g/mol. The SMILES string of the molecule is CCCCNC(=O)OC(C)(C)CC.OCc1ccccc1-c1ccc(F)cc1F. The van der Waals surface area contributed by atoms with Gasteiger partial charge in [0.15, 0.2) is 0 Å². The maximum Gasteiger partial charge on any atom is 0.407 e. The molecule has 29 heavy (non-hydrogen) atoms. The number of carbonyl (C=O) groups is 1. The Morgan fingerprint density at radius 3 is 2.38 bits per heavy atom. The Morgan fingerprint density at radius 2 is 1.79 bits per heavy atom. The Hall–Kier alpha value is -2.47. The lowest BCUT2D eigenvalue weighted by Crippen LogP contribution is -2.34. The van der Waals surface area contributed by atoms with E-state index in [1.807, 2.05) is 20.8 Å². The van der Waals surface area contributed by atoms with Crippen LogP contribution in [0.3, 0.4) is 0 Å². The summed E-state index contributed by atoms with van der Waals surface area (Å²) in [7, 11) is 0. The molecular weight excluding hydrogens is 376 g/mol. The van der Waals surface area contributed by atoms with Gasteiger partial charge in [-0.3, -0.25) is 0 Å². The van der Waals surface area contributed by atoms with Crippen LogP contribution in [0, 0.1) is 11.6 Å². The van der Waals surface area contributed by atoms with Gasteiger partial charge < -0.3 is 15.2 Å². The second kappa shape index (κ2) is 12.2. The molecule has 0 saturated carbocycles. The minimum Gasteiger partial charge on any atom is -0.444 e. The number of rotatable bonds is 7. The van der Waals surface area contributed by atoms with E-state index in [1.54, 1.807) is 24.3 Å². The number of hydrogen-bond acceptors (Lipinski definition) is 3.